The van der Waals surface area contributed by atoms with Crippen LogP contribution in [0.1, 0.15) is 20.3 Å². The van der Waals surface area contributed by atoms with E-state index in [2.05, 4.69) is 10.4 Å². The van der Waals surface area contributed by atoms with Crippen LogP contribution in [0.4, 0.5) is 5.69 Å². The lowest BCUT2D eigenvalue weighted by molar-refractivity contribution is -0.385. The first-order valence-corrected chi connectivity index (χ1v) is 5.98. The minimum Gasteiger partial charge on any atom is -0.480 e. The van der Waals surface area contributed by atoms with Gasteiger partial charge in [0, 0.05) is 0 Å². The van der Waals surface area contributed by atoms with Gasteiger partial charge in [0.25, 0.3) is 0 Å². The van der Waals surface area contributed by atoms with Gasteiger partial charge in [-0.25, -0.2) is 4.79 Å². The van der Waals surface area contributed by atoms with E-state index in [1.807, 2.05) is 13.8 Å². The van der Waals surface area contributed by atoms with E-state index in [0.29, 0.717) is 6.42 Å². The number of carboxylic acid groups (broad SMARTS) is 1. The number of nitrogens with zero attached hydrogens (tertiary/aromatic N) is 3. The fraction of sp³-hybridized carbons (Fsp3) is 0.545. The number of carbonyl (C=O) groups is 2. The zero-order valence-electron chi connectivity index (χ0n) is 11.1. The summed E-state index contributed by atoms with van der Waals surface area (Å²) in [7, 11) is 0. The van der Waals surface area contributed by atoms with Crippen LogP contribution < -0.4 is 5.32 Å². The van der Waals surface area contributed by atoms with Gasteiger partial charge in [0.15, 0.2) is 0 Å². The van der Waals surface area contributed by atoms with Crippen LogP contribution >= 0.6 is 0 Å². The third-order valence-electron chi connectivity index (χ3n) is 2.48. The van der Waals surface area contributed by atoms with Crippen molar-refractivity contribution in [1.82, 2.24) is 15.1 Å². The largest absolute Gasteiger partial charge is 0.480 e. The van der Waals surface area contributed by atoms with Gasteiger partial charge in [-0.1, -0.05) is 13.8 Å². The van der Waals surface area contributed by atoms with Crippen molar-refractivity contribution < 1.29 is 19.6 Å². The molecule has 1 aromatic heterocycles. The topological polar surface area (TPSA) is 127 Å². The Morgan fingerprint density at radius 2 is 2.20 bits per heavy atom. The van der Waals surface area contributed by atoms with Gasteiger partial charge in [-0.05, 0) is 12.3 Å². The van der Waals surface area contributed by atoms with Crippen molar-refractivity contribution in [2.24, 2.45) is 5.92 Å². The summed E-state index contributed by atoms with van der Waals surface area (Å²) in [6.45, 7) is 3.42. The molecule has 0 unspecified atom stereocenters. The molecule has 0 aliphatic carbocycles. The lowest BCUT2D eigenvalue weighted by Gasteiger charge is -2.16. The van der Waals surface area contributed by atoms with Gasteiger partial charge in [-0.2, -0.15) is 5.10 Å². The number of nitrogens with one attached hydrogen (secondary N) is 1. The van der Waals surface area contributed by atoms with E-state index in [4.69, 9.17) is 5.11 Å². The Hall–Kier alpha value is -2.45. The lowest BCUT2D eigenvalue weighted by atomic mass is 10.0. The maximum atomic E-state index is 11.7. The summed E-state index contributed by atoms with van der Waals surface area (Å²) in [5.41, 5.74) is -0.227. The van der Waals surface area contributed by atoms with Crippen LogP contribution in [0.15, 0.2) is 12.4 Å². The minimum absolute atomic E-state index is 0.113. The third-order valence-corrected chi connectivity index (χ3v) is 2.48. The van der Waals surface area contributed by atoms with Crippen molar-refractivity contribution in [3.8, 4) is 0 Å². The second-order valence-corrected chi connectivity index (χ2v) is 4.74. The van der Waals surface area contributed by atoms with Crippen molar-refractivity contribution in [2.75, 3.05) is 0 Å². The van der Waals surface area contributed by atoms with E-state index >= 15 is 0 Å². The molecular weight excluding hydrogens is 268 g/mol. The molecule has 0 aromatic carbocycles. The molecule has 1 amide bonds. The summed E-state index contributed by atoms with van der Waals surface area (Å²) in [6, 6.07) is -0.979. The van der Waals surface area contributed by atoms with E-state index in [-0.39, 0.29) is 18.2 Å². The molecule has 1 atom stereocenters. The number of carbonyl (C=O) groups excluding carboxylic acids is 1. The summed E-state index contributed by atoms with van der Waals surface area (Å²) in [4.78, 5) is 32.5. The van der Waals surface area contributed by atoms with Crippen molar-refractivity contribution in [3.63, 3.8) is 0 Å². The maximum absolute atomic E-state index is 11.7. The number of hydrogen-bond donors (Lipinski definition) is 2. The average molecular weight is 284 g/mol. The number of aliphatic carboxylic acids is 1. The van der Waals surface area contributed by atoms with Crippen LogP contribution in [-0.2, 0) is 16.1 Å². The molecule has 9 heteroatoms. The molecule has 1 aromatic rings. The Bertz CT molecular complexity index is 511. The lowest BCUT2D eigenvalue weighted by Crippen LogP contribution is -2.43. The second-order valence-electron chi connectivity index (χ2n) is 4.74. The van der Waals surface area contributed by atoms with Crippen LogP contribution in [0.3, 0.4) is 0 Å². The van der Waals surface area contributed by atoms with Crippen molar-refractivity contribution in [3.05, 3.63) is 22.5 Å². The van der Waals surface area contributed by atoms with Gasteiger partial charge in [-0.3, -0.25) is 19.6 Å². The Kier molecular flexibility index (Phi) is 5.18. The molecule has 1 rings (SSSR count). The number of carboxylic acids is 1. The standard InChI is InChI=1S/C11H16N4O5/c1-7(2)3-9(11(17)18)13-10(16)6-14-5-8(4-12-14)15(19)20/h4-5,7,9H,3,6H2,1-2H3,(H,13,16)(H,17,18)/t9-/m1/s1. The number of aromatic nitrogens is 2. The van der Waals surface area contributed by atoms with Crippen LogP contribution in [0, 0.1) is 16.0 Å². The monoisotopic (exact) mass is 284 g/mol. The Labute approximate surface area is 114 Å². The molecule has 0 saturated heterocycles. The Morgan fingerprint density at radius 1 is 1.55 bits per heavy atom. The number of nitro groups is 1. The minimum atomic E-state index is -1.11. The summed E-state index contributed by atoms with van der Waals surface area (Å²) in [5.74, 6) is -1.56. The molecule has 2 N–H and O–H groups in total. The molecule has 20 heavy (non-hydrogen) atoms. The third kappa shape index (κ3) is 4.67. The highest BCUT2D eigenvalue weighted by atomic mass is 16.6. The van der Waals surface area contributed by atoms with E-state index < -0.39 is 22.8 Å². The smallest absolute Gasteiger partial charge is 0.326 e. The van der Waals surface area contributed by atoms with Crippen molar-refractivity contribution >= 4 is 17.6 Å². The highest BCUT2D eigenvalue weighted by molar-refractivity contribution is 5.83. The number of amides is 1. The Morgan fingerprint density at radius 3 is 2.65 bits per heavy atom. The fourth-order valence-electron chi connectivity index (χ4n) is 1.61. The average Bonchev–Trinajstić information content (AvgIpc) is 2.75. The van der Waals surface area contributed by atoms with Gasteiger partial charge >= 0.3 is 11.7 Å². The fourth-order valence-corrected chi connectivity index (χ4v) is 1.61. The molecule has 0 radical (unpaired) electrons. The molecule has 0 aliphatic heterocycles. The molecular formula is C11H16N4O5. The number of hydrogen-bond acceptors (Lipinski definition) is 5. The van der Waals surface area contributed by atoms with Gasteiger partial charge in [-0.15, -0.1) is 0 Å². The SMILES string of the molecule is CC(C)C[C@@H](NC(=O)Cn1cc([N+](=O)[O-])cn1)C(=O)O. The Balaban J connectivity index is 2.60. The van der Waals surface area contributed by atoms with Gasteiger partial charge in [0.05, 0.1) is 4.92 Å². The second kappa shape index (κ2) is 6.64. The molecule has 0 spiro atoms. The normalized spacial score (nSPS) is 12.2. The van der Waals surface area contributed by atoms with Crippen LogP contribution in [0.2, 0.25) is 0 Å². The van der Waals surface area contributed by atoms with Gasteiger partial charge in [0.2, 0.25) is 5.91 Å². The number of rotatable bonds is 7. The van der Waals surface area contributed by atoms with E-state index in [1.165, 1.54) is 0 Å². The zero-order valence-corrected chi connectivity index (χ0v) is 11.1. The molecule has 9 nitrogen and oxygen atoms in total. The molecule has 0 fully saturated rings. The molecule has 0 bridgehead atoms. The summed E-state index contributed by atoms with van der Waals surface area (Å²) >= 11 is 0. The maximum Gasteiger partial charge on any atom is 0.326 e. The quantitative estimate of drug-likeness (QED) is 0.551. The predicted molar refractivity (Wildman–Crippen MR) is 67.9 cm³/mol. The van der Waals surface area contributed by atoms with Crippen LogP contribution in [0.25, 0.3) is 0 Å². The first kappa shape index (κ1) is 15.6. The molecule has 0 aliphatic rings. The highest BCUT2D eigenvalue weighted by Gasteiger charge is 2.21. The van der Waals surface area contributed by atoms with E-state index in [1.54, 1.807) is 0 Å². The van der Waals surface area contributed by atoms with Crippen molar-refractivity contribution in [2.45, 2.75) is 32.9 Å². The van der Waals surface area contributed by atoms with E-state index in [9.17, 15) is 19.7 Å². The predicted octanol–water partition coefficient (Wildman–Crippen LogP) is 0.407. The first-order chi connectivity index (χ1) is 9.29. The summed E-state index contributed by atoms with van der Waals surface area (Å²) in [6.07, 6.45) is 2.44. The van der Waals surface area contributed by atoms with Crippen LogP contribution in [0.5, 0.6) is 0 Å². The van der Waals surface area contributed by atoms with E-state index in [0.717, 1.165) is 17.1 Å². The zero-order chi connectivity index (χ0) is 15.3. The summed E-state index contributed by atoms with van der Waals surface area (Å²) < 4.78 is 1.09. The molecule has 110 valence electrons. The molecule has 0 saturated carbocycles. The first-order valence-electron chi connectivity index (χ1n) is 5.98. The summed E-state index contributed by atoms with van der Waals surface area (Å²) in [5, 5.41) is 25.5. The van der Waals surface area contributed by atoms with Gasteiger partial charge in [0.1, 0.15) is 25.0 Å². The molecule has 1 heterocycles. The van der Waals surface area contributed by atoms with Crippen molar-refractivity contribution in [1.29, 1.82) is 0 Å². The van der Waals surface area contributed by atoms with Crippen LogP contribution in [-0.4, -0.2) is 37.7 Å². The highest BCUT2D eigenvalue weighted by Crippen LogP contribution is 2.08. The van der Waals surface area contributed by atoms with Gasteiger partial charge < -0.3 is 10.4 Å².